The average molecular weight is 1270 g/mol. The van der Waals surface area contributed by atoms with Gasteiger partial charge >= 0.3 is 32.8 Å². The number of hydrogen-bond acceptors (Lipinski definition) is 25. The standard InChI is InChI=1S/C46H63FN20O16P2S/c1-23(2)27(62-30(68)15-60-63-51)14-53-26(6-5-11-52-44(50)70)41(69)61-25-9-7-24(8-10-25)16-76-45(71)64(3)12-13-65(4)46(72)81-36-35-29(80-43(36)67-22-59-33-38(49)55-20-57-40(33)67)17-77-84(73,74)82-34-28(18-78-85(75,86)83-35)79-42(31(34)47)66-21-58-32-37(48)54-19-56-39(32)66/h7-10,19-23,26-29,31,34-36,42-43,53H,5-6,11-18H2,1-4H3,(H,61,69)(H,62,68)(H,73,74)(H,75,86)(H2,48,54,56)(H2,49,55,57)(H3,50,52,70)/t26-,27+,28+,29+,31+,34+,35+,36+,42+,43+,85+/m0/s1. The monoisotopic (exact) mass is 1260 g/mol. The van der Waals surface area contributed by atoms with Crippen LogP contribution in [0.2, 0.25) is 0 Å². The van der Waals surface area contributed by atoms with Gasteiger partial charge in [-0.15, -0.1) is 0 Å². The van der Waals surface area contributed by atoms with Crippen LogP contribution in [0.15, 0.2) is 54.7 Å². The maximum atomic E-state index is 16.4. The molecule has 3 fully saturated rings. The van der Waals surface area contributed by atoms with E-state index in [9.17, 15) is 38.0 Å². The number of thiol groups is 1. The van der Waals surface area contributed by atoms with Crippen LogP contribution >= 0.6 is 26.9 Å². The summed E-state index contributed by atoms with van der Waals surface area (Å²) >= 11 is 4.19. The van der Waals surface area contributed by atoms with Crippen molar-refractivity contribution in [1.29, 1.82) is 0 Å². The van der Waals surface area contributed by atoms with Crippen LogP contribution in [0.3, 0.4) is 0 Å². The number of anilines is 3. The maximum absolute atomic E-state index is 16.4. The van der Waals surface area contributed by atoms with Crippen molar-refractivity contribution < 1.29 is 79.4 Å². The van der Waals surface area contributed by atoms with Gasteiger partial charge in [-0.3, -0.25) is 36.8 Å². The molecule has 0 unspecified atom stereocenters. The molecule has 5 aromatic rings. The highest BCUT2D eigenvalue weighted by molar-refractivity contribution is 8.44. The molecule has 0 spiro atoms. The minimum atomic E-state index is -5.28. The molecule has 3 aliphatic rings. The summed E-state index contributed by atoms with van der Waals surface area (Å²) in [7, 11) is -2.52. The number of ether oxygens (including phenoxy) is 4. The third-order valence-electron chi connectivity index (χ3n) is 13.7. The van der Waals surface area contributed by atoms with Gasteiger partial charge in [0.05, 0.1) is 31.9 Å². The third-order valence-corrected chi connectivity index (χ3v) is 16.3. The fourth-order valence-corrected chi connectivity index (χ4v) is 11.5. The fourth-order valence-electron chi connectivity index (χ4n) is 9.09. The summed E-state index contributed by atoms with van der Waals surface area (Å²) in [6.45, 7) is -3.11. The Hall–Kier alpha value is -7.60. The molecule has 0 aliphatic carbocycles. The number of likely N-dealkylation sites (N-methyl/N-ethyl adjacent to an activating group) is 2. The Morgan fingerprint density at radius 2 is 1.50 bits per heavy atom. The van der Waals surface area contributed by atoms with Crippen LogP contribution in [-0.2, 0) is 62.4 Å². The van der Waals surface area contributed by atoms with Crippen LogP contribution in [0.1, 0.15) is 44.7 Å². The largest absolute Gasteiger partial charge is 0.472 e. The van der Waals surface area contributed by atoms with E-state index in [0.717, 1.165) is 28.4 Å². The molecular formula is C46H63FN20O16P2S. The minimum Gasteiger partial charge on any atom is -0.445 e. The SMILES string of the molecule is CC(C)[C@@H](CN[C@@H](CCCNC(N)=O)C(=O)Nc1ccc(COC(=O)N(C)CCN(C)C(=O)O[C@@H]2[C@@H]3O[P@](=O)(S)OC[C@H]4O[C@@H](n5cnc6c(N)ncnc65)[C@H](F)[C@@H]4O[P@](=O)(O)OC[C@H]3O[C@H]2n2cnc3c(N)ncnc32)cc1)NC(=O)CN=[N+]=[N-]. The predicted molar refractivity (Wildman–Crippen MR) is 300 cm³/mol. The number of fused-ring (bicyclic) bond motifs is 4. The second-order valence-electron chi connectivity index (χ2n) is 20.0. The van der Waals surface area contributed by atoms with E-state index >= 15 is 4.39 Å². The van der Waals surface area contributed by atoms with E-state index in [2.05, 4.69) is 73.4 Å². The number of azide groups is 1. The first-order valence-electron chi connectivity index (χ1n) is 26.3. The van der Waals surface area contributed by atoms with Gasteiger partial charge in [0.2, 0.25) is 11.8 Å². The lowest BCUT2D eigenvalue weighted by Gasteiger charge is -2.30. The van der Waals surface area contributed by atoms with E-state index in [-0.39, 0.29) is 85.6 Å². The topological polar surface area (TPSA) is 482 Å². The first-order valence-corrected chi connectivity index (χ1v) is 30.5. The zero-order chi connectivity index (χ0) is 62.0. The number of carbonyl (C=O) groups excluding carboxylic acids is 5. The first kappa shape index (κ1) is 64.4. The summed E-state index contributed by atoms with van der Waals surface area (Å²) in [4.78, 5) is 105. The van der Waals surface area contributed by atoms with Gasteiger partial charge in [-0.05, 0) is 42.0 Å². The Labute approximate surface area is 492 Å². The Balaban J connectivity index is 0.892. The van der Waals surface area contributed by atoms with Crippen molar-refractivity contribution in [3.8, 4) is 0 Å². The second kappa shape index (κ2) is 28.3. The first-order chi connectivity index (χ1) is 40.9. The molecule has 7 heterocycles. The number of imidazole rings is 2. The molecule has 8 rings (SSSR count). The van der Waals surface area contributed by atoms with E-state index in [4.69, 9.17) is 59.8 Å². The van der Waals surface area contributed by atoms with Crippen LogP contribution in [0.4, 0.5) is 36.1 Å². The number of aromatic nitrogens is 8. The number of primary amides is 1. The number of phosphoric ester groups is 1. The number of benzene rings is 1. The van der Waals surface area contributed by atoms with Crippen LogP contribution < -0.4 is 38.5 Å². The number of nitrogen functional groups attached to an aromatic ring is 2. The van der Waals surface area contributed by atoms with Gasteiger partial charge in [-0.2, -0.15) is 0 Å². The van der Waals surface area contributed by atoms with Gasteiger partial charge in [0.15, 0.2) is 47.7 Å². The number of alkyl halides is 1. The summed E-state index contributed by atoms with van der Waals surface area (Å²) in [6, 6.07) is 4.52. The zero-order valence-electron chi connectivity index (χ0n) is 46.4. The van der Waals surface area contributed by atoms with Crippen molar-refractivity contribution in [1.82, 2.24) is 64.8 Å². The number of rotatable bonds is 21. The highest BCUT2D eigenvalue weighted by atomic mass is 32.7. The van der Waals surface area contributed by atoms with Crippen molar-refractivity contribution in [2.45, 2.75) is 94.5 Å². The van der Waals surface area contributed by atoms with Crippen LogP contribution in [-0.4, -0.2) is 193 Å². The van der Waals surface area contributed by atoms with Crippen LogP contribution in [0.5, 0.6) is 0 Å². The lowest BCUT2D eigenvalue weighted by Crippen LogP contribution is -2.51. The lowest BCUT2D eigenvalue weighted by molar-refractivity contribution is -0.120. The fraction of sp³-hybridized carbons (Fsp3) is 0.543. The molecule has 12 atom stereocenters. The number of urea groups is 1. The number of nitrogens with two attached hydrogens (primary N) is 3. The molecule has 466 valence electrons. The van der Waals surface area contributed by atoms with Gasteiger partial charge in [0.1, 0.15) is 61.3 Å². The number of phosphoric acid groups is 1. The zero-order valence-corrected chi connectivity index (χ0v) is 49.1. The van der Waals surface area contributed by atoms with Crippen molar-refractivity contribution in [3.63, 3.8) is 0 Å². The highest BCUT2D eigenvalue weighted by Crippen LogP contribution is 2.59. The molecule has 11 N–H and O–H groups in total. The van der Waals surface area contributed by atoms with Gasteiger partial charge in [0, 0.05) is 56.9 Å². The number of nitrogens with one attached hydrogen (secondary N) is 4. The molecule has 40 heteroatoms. The molecule has 3 aliphatic heterocycles. The predicted octanol–water partition coefficient (Wildman–Crippen LogP) is 2.42. The Morgan fingerprint density at radius 3 is 2.13 bits per heavy atom. The van der Waals surface area contributed by atoms with Crippen molar-refractivity contribution in [2.75, 3.05) is 76.8 Å². The number of hydrogen-bond donors (Lipinski definition) is 9. The van der Waals surface area contributed by atoms with Gasteiger partial charge in [0.25, 0.3) is 0 Å². The second-order valence-corrected chi connectivity index (χ2v) is 24.3. The lowest BCUT2D eigenvalue weighted by atomic mass is 10.0. The summed E-state index contributed by atoms with van der Waals surface area (Å²) < 4.78 is 92.9. The summed E-state index contributed by atoms with van der Waals surface area (Å²) in [5.74, 6) is -1.02. The van der Waals surface area contributed by atoms with E-state index in [1.165, 1.54) is 29.9 Å². The van der Waals surface area contributed by atoms with E-state index < -0.39 is 119 Å². The number of carbonyl (C=O) groups is 5. The van der Waals surface area contributed by atoms with E-state index in [0.29, 0.717) is 17.7 Å². The minimum absolute atomic E-state index is 0.0208. The quantitative estimate of drug-likeness (QED) is 0.0127. The molecule has 36 nitrogen and oxygen atoms in total. The Bertz CT molecular complexity index is 3400. The molecule has 0 saturated carbocycles. The molecule has 3 saturated heterocycles. The normalized spacial score (nSPS) is 25.5. The summed E-state index contributed by atoms with van der Waals surface area (Å²) in [5, 5.41) is 14.6. The molecule has 86 heavy (non-hydrogen) atoms. The smallest absolute Gasteiger partial charge is 0.445 e. The number of halogens is 1. The Morgan fingerprint density at radius 1 is 0.895 bits per heavy atom. The van der Waals surface area contributed by atoms with E-state index in [1.807, 2.05) is 13.8 Å². The van der Waals surface area contributed by atoms with Crippen LogP contribution in [0, 0.1) is 5.92 Å². The molecule has 0 bridgehead atoms. The summed E-state index contributed by atoms with van der Waals surface area (Å²) in [5.41, 5.74) is 27.0. The van der Waals surface area contributed by atoms with Gasteiger partial charge in [-0.1, -0.05) is 43.3 Å². The molecule has 1 aromatic carbocycles. The highest BCUT2D eigenvalue weighted by Gasteiger charge is 2.56. The average Bonchev–Trinajstić information content (AvgIpc) is 1.91. The van der Waals surface area contributed by atoms with Crippen molar-refractivity contribution in [3.05, 3.63) is 65.6 Å². The van der Waals surface area contributed by atoms with Gasteiger partial charge in [-0.25, -0.2) is 57.8 Å². The molecule has 4 aromatic heterocycles. The number of nitrogens with zero attached hydrogens (tertiary/aromatic N) is 13. The van der Waals surface area contributed by atoms with Crippen molar-refractivity contribution >= 4 is 96.6 Å². The summed E-state index contributed by atoms with van der Waals surface area (Å²) in [6.07, 6.45) is -10.3. The number of amides is 6. The molecule has 6 amide bonds. The maximum Gasteiger partial charge on any atom is 0.472 e. The van der Waals surface area contributed by atoms with E-state index in [1.54, 1.807) is 24.3 Å². The molecule has 0 radical (unpaired) electrons. The van der Waals surface area contributed by atoms with Crippen molar-refractivity contribution in [2.24, 2.45) is 16.8 Å². The molecular weight excluding hydrogens is 1200 g/mol. The van der Waals surface area contributed by atoms with Crippen LogP contribution in [0.25, 0.3) is 32.8 Å². The third kappa shape index (κ3) is 16.1. The Kier molecular flexibility index (Phi) is 21.2. The van der Waals surface area contributed by atoms with Gasteiger partial charge < -0.3 is 72.1 Å².